The van der Waals surface area contributed by atoms with E-state index in [1.54, 1.807) is 0 Å². The minimum absolute atomic E-state index is 0.0182. The van der Waals surface area contributed by atoms with E-state index in [1.807, 2.05) is 41.8 Å². The van der Waals surface area contributed by atoms with Gasteiger partial charge in [0.05, 0.1) is 0 Å². The molecular weight excluding hydrogens is 260 g/mol. The molecule has 1 heterocycles. The first-order valence-corrected chi connectivity index (χ1v) is 6.60. The van der Waals surface area contributed by atoms with Crippen molar-refractivity contribution in [3.8, 4) is 11.4 Å². The maximum Gasteiger partial charge on any atom is 0.221 e. The lowest BCUT2D eigenvalue weighted by molar-refractivity contribution is -0.121. The van der Waals surface area contributed by atoms with Crippen molar-refractivity contribution in [1.29, 1.82) is 0 Å². The summed E-state index contributed by atoms with van der Waals surface area (Å²) in [6.45, 7) is 3.06. The molecule has 1 amide bonds. The van der Waals surface area contributed by atoms with Crippen molar-refractivity contribution in [1.82, 2.24) is 20.1 Å². The van der Waals surface area contributed by atoms with Gasteiger partial charge >= 0.3 is 0 Å². The lowest BCUT2D eigenvalue weighted by atomic mass is 10.2. The second-order valence-electron chi connectivity index (χ2n) is 4.07. The number of aromatic nitrogens is 3. The summed E-state index contributed by atoms with van der Waals surface area (Å²) >= 11 is 5.20. The summed E-state index contributed by atoms with van der Waals surface area (Å²) in [7, 11) is 0. The third-order valence-corrected chi connectivity index (χ3v) is 3.04. The number of nitrogens with zero attached hydrogens (tertiary/aromatic N) is 2. The summed E-state index contributed by atoms with van der Waals surface area (Å²) < 4.78 is 2.38. The summed E-state index contributed by atoms with van der Waals surface area (Å²) in [5.74, 6) is 0.777. The highest BCUT2D eigenvalue weighted by Gasteiger charge is 2.09. The van der Waals surface area contributed by atoms with Gasteiger partial charge in [0.2, 0.25) is 5.91 Å². The van der Waals surface area contributed by atoms with E-state index < -0.39 is 0 Å². The van der Waals surface area contributed by atoms with Crippen LogP contribution in [0.1, 0.15) is 13.3 Å². The molecular formula is C13H16N4OS. The molecule has 19 heavy (non-hydrogen) atoms. The van der Waals surface area contributed by atoms with Gasteiger partial charge in [-0.15, -0.1) is 0 Å². The molecule has 0 saturated carbocycles. The molecule has 0 atom stereocenters. The number of aromatic amines is 1. The van der Waals surface area contributed by atoms with Crippen LogP contribution in [0.3, 0.4) is 0 Å². The van der Waals surface area contributed by atoms with Crippen LogP contribution in [-0.4, -0.2) is 27.2 Å². The maximum absolute atomic E-state index is 11.5. The quantitative estimate of drug-likeness (QED) is 0.822. The number of carbonyl (C=O) groups excluding carboxylic acids is 1. The van der Waals surface area contributed by atoms with Crippen LogP contribution in [0.15, 0.2) is 30.3 Å². The Balaban J connectivity index is 2.19. The number of carbonyl (C=O) groups is 1. The molecule has 0 unspecified atom stereocenters. The van der Waals surface area contributed by atoms with E-state index >= 15 is 0 Å². The smallest absolute Gasteiger partial charge is 0.221 e. The second-order valence-corrected chi connectivity index (χ2v) is 4.46. The largest absolute Gasteiger partial charge is 0.356 e. The van der Waals surface area contributed by atoms with Crippen LogP contribution in [0.25, 0.3) is 11.4 Å². The van der Waals surface area contributed by atoms with Crippen molar-refractivity contribution < 1.29 is 4.79 Å². The van der Waals surface area contributed by atoms with E-state index in [0.29, 0.717) is 24.3 Å². The Kier molecular flexibility index (Phi) is 4.46. The zero-order chi connectivity index (χ0) is 13.7. The van der Waals surface area contributed by atoms with Crippen LogP contribution in [0, 0.1) is 4.77 Å². The molecule has 6 heteroatoms. The second kappa shape index (κ2) is 6.29. The number of nitrogens with one attached hydrogen (secondary N) is 2. The molecule has 1 aromatic heterocycles. The van der Waals surface area contributed by atoms with Gasteiger partial charge in [0, 0.05) is 25.1 Å². The Labute approximate surface area is 116 Å². The Morgan fingerprint density at radius 1 is 1.42 bits per heavy atom. The first-order valence-electron chi connectivity index (χ1n) is 6.19. The zero-order valence-corrected chi connectivity index (χ0v) is 11.5. The molecule has 0 fully saturated rings. The van der Waals surface area contributed by atoms with Crippen LogP contribution >= 0.6 is 12.2 Å². The van der Waals surface area contributed by atoms with Crippen LogP contribution in [-0.2, 0) is 11.3 Å². The molecule has 2 rings (SSSR count). The number of amides is 1. The number of hydrogen-bond acceptors (Lipinski definition) is 3. The van der Waals surface area contributed by atoms with E-state index in [-0.39, 0.29) is 5.91 Å². The molecule has 0 aliphatic carbocycles. The summed E-state index contributed by atoms with van der Waals surface area (Å²) in [5.41, 5.74) is 0.978. The predicted octanol–water partition coefficient (Wildman–Crippen LogP) is 2.13. The highest BCUT2D eigenvalue weighted by molar-refractivity contribution is 7.71. The fourth-order valence-electron chi connectivity index (χ4n) is 1.83. The number of H-pyrrole nitrogens is 1. The van der Waals surface area contributed by atoms with Gasteiger partial charge in [-0.1, -0.05) is 30.3 Å². The van der Waals surface area contributed by atoms with Crippen molar-refractivity contribution >= 4 is 18.1 Å². The summed E-state index contributed by atoms with van der Waals surface area (Å²) in [6.07, 6.45) is 0.390. The van der Waals surface area contributed by atoms with Crippen molar-refractivity contribution in [3.05, 3.63) is 35.1 Å². The molecule has 0 spiro atoms. The Morgan fingerprint density at radius 2 is 2.16 bits per heavy atom. The van der Waals surface area contributed by atoms with Crippen LogP contribution < -0.4 is 5.32 Å². The monoisotopic (exact) mass is 276 g/mol. The molecule has 0 saturated heterocycles. The molecule has 100 valence electrons. The molecule has 2 aromatic rings. The van der Waals surface area contributed by atoms with E-state index in [1.165, 1.54) is 0 Å². The van der Waals surface area contributed by atoms with E-state index in [9.17, 15) is 4.79 Å². The van der Waals surface area contributed by atoms with Gasteiger partial charge < -0.3 is 5.32 Å². The maximum atomic E-state index is 11.5. The van der Waals surface area contributed by atoms with Crippen molar-refractivity contribution in [3.63, 3.8) is 0 Å². The van der Waals surface area contributed by atoms with Crippen molar-refractivity contribution in [2.45, 2.75) is 19.9 Å². The van der Waals surface area contributed by atoms with Gasteiger partial charge in [0.1, 0.15) is 0 Å². The first kappa shape index (κ1) is 13.5. The molecule has 1 aromatic carbocycles. The zero-order valence-electron chi connectivity index (χ0n) is 10.7. The Hall–Kier alpha value is -1.95. The third-order valence-electron chi connectivity index (χ3n) is 2.73. The van der Waals surface area contributed by atoms with Gasteiger partial charge in [-0.05, 0) is 19.1 Å². The standard InChI is InChI=1S/C13H16N4OS/c1-2-14-11(18)8-9-17-12(15-16-13(17)19)10-6-4-3-5-7-10/h3-7H,2,8-9H2,1H3,(H,14,18)(H,16,19). The molecule has 2 N–H and O–H groups in total. The minimum Gasteiger partial charge on any atom is -0.356 e. The summed E-state index contributed by atoms with van der Waals surface area (Å²) in [6, 6.07) is 9.77. The highest BCUT2D eigenvalue weighted by Crippen LogP contribution is 2.16. The van der Waals surface area contributed by atoms with Gasteiger partial charge in [-0.2, -0.15) is 5.10 Å². The normalized spacial score (nSPS) is 10.4. The Morgan fingerprint density at radius 3 is 2.84 bits per heavy atom. The van der Waals surface area contributed by atoms with Gasteiger partial charge in [-0.3, -0.25) is 14.5 Å². The van der Waals surface area contributed by atoms with Crippen molar-refractivity contribution in [2.24, 2.45) is 0 Å². The molecule has 0 bridgehead atoms. The molecule has 5 nitrogen and oxygen atoms in total. The summed E-state index contributed by atoms with van der Waals surface area (Å²) in [4.78, 5) is 11.5. The Bertz CT molecular complexity index is 603. The van der Waals surface area contributed by atoms with E-state index in [4.69, 9.17) is 12.2 Å². The minimum atomic E-state index is 0.0182. The lowest BCUT2D eigenvalue weighted by Crippen LogP contribution is -2.23. The number of benzene rings is 1. The highest BCUT2D eigenvalue weighted by atomic mass is 32.1. The summed E-state index contributed by atoms with van der Waals surface area (Å²) in [5, 5.41) is 9.77. The number of hydrogen-bond donors (Lipinski definition) is 2. The SMILES string of the molecule is CCNC(=O)CCn1c(-c2ccccc2)n[nH]c1=S. The van der Waals surface area contributed by atoms with Gasteiger partial charge in [0.25, 0.3) is 0 Å². The fraction of sp³-hybridized carbons (Fsp3) is 0.308. The van der Waals surface area contributed by atoms with Gasteiger partial charge in [0.15, 0.2) is 10.6 Å². The van der Waals surface area contributed by atoms with Crippen LogP contribution in [0.4, 0.5) is 0 Å². The van der Waals surface area contributed by atoms with Crippen molar-refractivity contribution in [2.75, 3.05) is 6.54 Å². The average molecular weight is 276 g/mol. The molecule has 0 aliphatic rings. The fourth-order valence-corrected chi connectivity index (χ4v) is 2.06. The third kappa shape index (κ3) is 3.29. The number of rotatable bonds is 5. The lowest BCUT2D eigenvalue weighted by Gasteiger charge is -2.06. The van der Waals surface area contributed by atoms with Crippen LogP contribution in [0.5, 0.6) is 0 Å². The first-order chi connectivity index (χ1) is 9.22. The average Bonchev–Trinajstić information content (AvgIpc) is 2.79. The van der Waals surface area contributed by atoms with Gasteiger partial charge in [-0.25, -0.2) is 0 Å². The predicted molar refractivity (Wildman–Crippen MR) is 76.1 cm³/mol. The van der Waals surface area contributed by atoms with E-state index in [2.05, 4.69) is 15.5 Å². The topological polar surface area (TPSA) is 62.7 Å². The van der Waals surface area contributed by atoms with E-state index in [0.717, 1.165) is 11.4 Å². The molecule has 0 radical (unpaired) electrons. The van der Waals surface area contributed by atoms with Crippen LogP contribution in [0.2, 0.25) is 0 Å². The molecule has 0 aliphatic heterocycles.